The van der Waals surface area contributed by atoms with Crippen LogP contribution in [-0.2, 0) is 14.3 Å². The van der Waals surface area contributed by atoms with Gasteiger partial charge in [0.1, 0.15) is 6.10 Å². The van der Waals surface area contributed by atoms with Gasteiger partial charge in [0, 0.05) is 12.8 Å². The predicted molar refractivity (Wildman–Crippen MR) is 58.4 cm³/mol. The van der Waals surface area contributed by atoms with E-state index in [0.29, 0.717) is 6.42 Å². The monoisotopic (exact) mass is 248 g/mol. The van der Waals surface area contributed by atoms with Crippen LogP contribution in [0, 0.1) is 0 Å². The summed E-state index contributed by atoms with van der Waals surface area (Å²) < 4.78 is 10.7. The molecule has 1 unspecified atom stereocenters. The fourth-order valence-electron chi connectivity index (χ4n) is 1.69. The molecule has 0 aliphatic carbocycles. The number of rotatable bonds is 5. The molecule has 17 heavy (non-hydrogen) atoms. The lowest BCUT2D eigenvalue weighted by Gasteiger charge is -2.36. The molecule has 5 atom stereocenters. The zero-order chi connectivity index (χ0) is 13.0. The maximum atomic E-state index is 10.4. The molecule has 1 rings (SSSR count). The molecule has 1 heterocycles. The highest BCUT2D eigenvalue weighted by molar-refractivity contribution is 5.66. The Morgan fingerprint density at radius 2 is 2.12 bits per heavy atom. The van der Waals surface area contributed by atoms with Gasteiger partial charge in [0.2, 0.25) is 0 Å². The van der Waals surface area contributed by atoms with Crippen LogP contribution in [0.5, 0.6) is 0 Å². The molecule has 3 N–H and O–H groups in total. The van der Waals surface area contributed by atoms with Crippen LogP contribution in [0.1, 0.15) is 33.1 Å². The summed E-state index contributed by atoms with van der Waals surface area (Å²) in [6.07, 6.45) is -2.49. The lowest BCUT2D eigenvalue weighted by molar-refractivity contribution is -0.273. The van der Waals surface area contributed by atoms with Crippen molar-refractivity contribution in [2.45, 2.75) is 63.8 Å². The predicted octanol–water partition coefficient (Wildman–Crippen LogP) is 0.113. The Balaban J connectivity index is 2.37. The zero-order valence-electron chi connectivity index (χ0n) is 10.1. The second kappa shape index (κ2) is 6.30. The van der Waals surface area contributed by atoms with Crippen LogP contribution < -0.4 is 0 Å². The number of carboxylic acid groups (broad SMARTS) is 1. The number of aliphatic carboxylic acids is 1. The van der Waals surface area contributed by atoms with E-state index in [4.69, 9.17) is 14.6 Å². The summed E-state index contributed by atoms with van der Waals surface area (Å²) in [5, 5.41) is 27.6. The average Bonchev–Trinajstić information content (AvgIpc) is 2.23. The van der Waals surface area contributed by atoms with Crippen molar-refractivity contribution in [1.82, 2.24) is 0 Å². The van der Waals surface area contributed by atoms with Crippen LogP contribution in [0.4, 0.5) is 0 Å². The summed E-state index contributed by atoms with van der Waals surface area (Å²) in [5.74, 6) is -0.880. The normalized spacial score (nSPS) is 35.5. The highest BCUT2D eigenvalue weighted by Crippen LogP contribution is 2.22. The minimum Gasteiger partial charge on any atom is -0.481 e. The third-order valence-electron chi connectivity index (χ3n) is 2.82. The van der Waals surface area contributed by atoms with Crippen molar-refractivity contribution in [2.75, 3.05) is 0 Å². The molecule has 0 amide bonds. The van der Waals surface area contributed by atoms with Gasteiger partial charge in [0.05, 0.1) is 18.3 Å². The molecule has 0 spiro atoms. The molecule has 0 bridgehead atoms. The Morgan fingerprint density at radius 1 is 1.47 bits per heavy atom. The molecular formula is C11H20O6. The molecule has 1 saturated heterocycles. The van der Waals surface area contributed by atoms with Crippen molar-refractivity contribution in [3.8, 4) is 0 Å². The summed E-state index contributed by atoms with van der Waals surface area (Å²) in [6.45, 7) is 3.43. The fraction of sp³-hybridized carbons (Fsp3) is 0.909. The summed E-state index contributed by atoms with van der Waals surface area (Å²) in [4.78, 5) is 10.4. The second-order valence-electron chi connectivity index (χ2n) is 4.46. The average molecular weight is 248 g/mol. The molecule has 6 nitrogen and oxygen atoms in total. The van der Waals surface area contributed by atoms with Gasteiger partial charge in [0.15, 0.2) is 6.29 Å². The molecule has 1 fully saturated rings. The van der Waals surface area contributed by atoms with E-state index in [9.17, 15) is 15.0 Å². The number of hydrogen-bond donors (Lipinski definition) is 3. The van der Waals surface area contributed by atoms with Gasteiger partial charge in [-0.15, -0.1) is 0 Å². The molecule has 0 aromatic rings. The third-order valence-corrected chi connectivity index (χ3v) is 2.82. The Bertz CT molecular complexity index is 256. The first-order valence-corrected chi connectivity index (χ1v) is 5.79. The first-order valence-electron chi connectivity index (χ1n) is 5.79. The van der Waals surface area contributed by atoms with E-state index in [1.807, 2.05) is 0 Å². The van der Waals surface area contributed by atoms with Crippen molar-refractivity contribution in [2.24, 2.45) is 0 Å². The number of aliphatic hydroxyl groups is 2. The van der Waals surface area contributed by atoms with Gasteiger partial charge in [-0.1, -0.05) is 0 Å². The van der Waals surface area contributed by atoms with E-state index in [0.717, 1.165) is 0 Å². The topological polar surface area (TPSA) is 96.2 Å². The van der Waals surface area contributed by atoms with Crippen molar-refractivity contribution in [3.63, 3.8) is 0 Å². The maximum absolute atomic E-state index is 10.4. The first kappa shape index (κ1) is 14.4. The van der Waals surface area contributed by atoms with E-state index in [1.54, 1.807) is 13.8 Å². The maximum Gasteiger partial charge on any atom is 0.303 e. The Labute approximate surface area is 100 Å². The summed E-state index contributed by atoms with van der Waals surface area (Å²) in [6, 6.07) is 0. The molecular weight excluding hydrogens is 228 g/mol. The van der Waals surface area contributed by atoms with Crippen LogP contribution in [0.2, 0.25) is 0 Å². The SMILES string of the molecule is CC(CCC(=O)O)O[C@@H]1O[C@@H](C)[C@H](O)C[C@@H]1O. The summed E-state index contributed by atoms with van der Waals surface area (Å²) in [7, 11) is 0. The number of carbonyl (C=O) groups is 1. The number of aliphatic hydroxyl groups excluding tert-OH is 2. The van der Waals surface area contributed by atoms with Crippen molar-refractivity contribution >= 4 is 5.97 Å². The molecule has 6 heteroatoms. The zero-order valence-corrected chi connectivity index (χ0v) is 10.1. The van der Waals surface area contributed by atoms with E-state index >= 15 is 0 Å². The number of hydrogen-bond acceptors (Lipinski definition) is 5. The third kappa shape index (κ3) is 4.59. The molecule has 1 aliphatic rings. The lowest BCUT2D eigenvalue weighted by atomic mass is 10.0. The summed E-state index contributed by atoms with van der Waals surface area (Å²) >= 11 is 0. The highest BCUT2D eigenvalue weighted by Gasteiger charge is 2.35. The highest BCUT2D eigenvalue weighted by atomic mass is 16.7. The molecule has 0 aromatic carbocycles. The number of carboxylic acids is 1. The Morgan fingerprint density at radius 3 is 2.71 bits per heavy atom. The van der Waals surface area contributed by atoms with Gasteiger partial charge in [-0.3, -0.25) is 4.79 Å². The second-order valence-corrected chi connectivity index (χ2v) is 4.46. The standard InChI is InChI=1S/C11H20O6/c1-6(3-4-10(14)15)16-11-9(13)5-8(12)7(2)17-11/h6-9,11-13H,3-5H2,1-2H3,(H,14,15)/t6?,7-,8+,9-,11+/m0/s1. The summed E-state index contributed by atoms with van der Waals surface area (Å²) in [5.41, 5.74) is 0. The van der Waals surface area contributed by atoms with Crippen molar-refractivity contribution < 1.29 is 29.6 Å². The van der Waals surface area contributed by atoms with E-state index in [-0.39, 0.29) is 18.9 Å². The van der Waals surface area contributed by atoms with Crippen LogP contribution in [0.25, 0.3) is 0 Å². The largest absolute Gasteiger partial charge is 0.481 e. The van der Waals surface area contributed by atoms with Crippen LogP contribution in [-0.4, -0.2) is 52.0 Å². The van der Waals surface area contributed by atoms with Gasteiger partial charge >= 0.3 is 5.97 Å². The Kier molecular flexibility index (Phi) is 5.32. The van der Waals surface area contributed by atoms with Crippen LogP contribution in [0.3, 0.4) is 0 Å². The molecule has 0 saturated carbocycles. The molecule has 0 radical (unpaired) electrons. The van der Waals surface area contributed by atoms with Crippen molar-refractivity contribution in [1.29, 1.82) is 0 Å². The van der Waals surface area contributed by atoms with Gasteiger partial charge in [-0.25, -0.2) is 0 Å². The quantitative estimate of drug-likeness (QED) is 0.639. The van der Waals surface area contributed by atoms with E-state index < -0.39 is 30.6 Å². The smallest absolute Gasteiger partial charge is 0.303 e. The molecule has 100 valence electrons. The molecule has 0 aromatic heterocycles. The first-order chi connectivity index (χ1) is 7.90. The fourth-order valence-corrected chi connectivity index (χ4v) is 1.69. The molecule has 1 aliphatic heterocycles. The van der Waals surface area contributed by atoms with Gasteiger partial charge in [-0.2, -0.15) is 0 Å². The van der Waals surface area contributed by atoms with Crippen LogP contribution >= 0.6 is 0 Å². The van der Waals surface area contributed by atoms with Crippen LogP contribution in [0.15, 0.2) is 0 Å². The van der Waals surface area contributed by atoms with Crippen molar-refractivity contribution in [3.05, 3.63) is 0 Å². The van der Waals surface area contributed by atoms with E-state index in [1.165, 1.54) is 0 Å². The van der Waals surface area contributed by atoms with Gasteiger partial charge in [-0.05, 0) is 20.3 Å². The minimum absolute atomic E-state index is 0.0160. The lowest BCUT2D eigenvalue weighted by Crippen LogP contribution is -2.48. The Hall–Kier alpha value is -0.690. The minimum atomic E-state index is -0.881. The van der Waals surface area contributed by atoms with Gasteiger partial charge in [0.25, 0.3) is 0 Å². The van der Waals surface area contributed by atoms with Gasteiger partial charge < -0.3 is 24.8 Å². The number of ether oxygens (including phenoxy) is 2. The van der Waals surface area contributed by atoms with E-state index in [2.05, 4.69) is 0 Å².